The summed E-state index contributed by atoms with van der Waals surface area (Å²) in [5.41, 5.74) is 1.11. The van der Waals surface area contributed by atoms with Crippen molar-refractivity contribution < 1.29 is 9.13 Å². The Labute approximate surface area is 119 Å². The zero-order valence-corrected chi connectivity index (χ0v) is 11.8. The Hall–Kier alpha value is -1.13. The maximum absolute atomic E-state index is 13.3. The van der Waals surface area contributed by atoms with Crippen molar-refractivity contribution in [3.8, 4) is 5.75 Å². The van der Waals surface area contributed by atoms with Gasteiger partial charge in [-0.05, 0) is 43.8 Å². The van der Waals surface area contributed by atoms with E-state index in [0.717, 1.165) is 23.9 Å². The van der Waals surface area contributed by atoms with Crippen LogP contribution in [-0.2, 0) is 6.54 Å². The summed E-state index contributed by atoms with van der Waals surface area (Å²) in [6.45, 7) is 3.23. The van der Waals surface area contributed by atoms with Crippen LogP contribution in [0.3, 0.4) is 0 Å². The standard InChI is InChI=1S/C16H21FN2O/c1-20-16-6-11(17)3-2-10(16)9-19-14-4-5-15(19)13-8-18-7-12(13)14/h2-3,6,12-15,18H,4-5,7-9H2,1H3. The second kappa shape index (κ2) is 4.71. The van der Waals surface area contributed by atoms with E-state index in [0.29, 0.717) is 17.8 Å². The number of nitrogens with zero attached hydrogens (tertiary/aromatic N) is 1. The molecule has 2 bridgehead atoms. The first-order valence-electron chi connectivity index (χ1n) is 7.57. The Morgan fingerprint density at radius 2 is 1.95 bits per heavy atom. The van der Waals surface area contributed by atoms with Gasteiger partial charge in [0, 0.05) is 30.3 Å². The number of ether oxygens (including phenoxy) is 1. The molecule has 0 aliphatic carbocycles. The SMILES string of the molecule is COc1cc(F)ccc1CN1C2CCC1C1CNCC12. The summed E-state index contributed by atoms with van der Waals surface area (Å²) in [4.78, 5) is 2.64. The van der Waals surface area contributed by atoms with Crippen molar-refractivity contribution in [3.63, 3.8) is 0 Å². The van der Waals surface area contributed by atoms with Crippen molar-refractivity contribution >= 4 is 0 Å². The van der Waals surface area contributed by atoms with Gasteiger partial charge >= 0.3 is 0 Å². The maximum atomic E-state index is 13.3. The number of fused-ring (bicyclic) bond motifs is 5. The number of hydrogen-bond donors (Lipinski definition) is 1. The lowest BCUT2D eigenvalue weighted by Crippen LogP contribution is -2.33. The lowest BCUT2D eigenvalue weighted by Gasteiger charge is -2.25. The van der Waals surface area contributed by atoms with Crippen LogP contribution in [0.2, 0.25) is 0 Å². The fourth-order valence-electron chi connectivity index (χ4n) is 4.68. The van der Waals surface area contributed by atoms with Gasteiger partial charge in [-0.3, -0.25) is 4.90 Å². The Bertz CT molecular complexity index is 503. The van der Waals surface area contributed by atoms with Gasteiger partial charge < -0.3 is 10.1 Å². The van der Waals surface area contributed by atoms with Crippen LogP contribution >= 0.6 is 0 Å². The smallest absolute Gasteiger partial charge is 0.126 e. The Kier molecular flexibility index (Phi) is 2.97. The highest BCUT2D eigenvalue weighted by atomic mass is 19.1. The third-order valence-corrected chi connectivity index (χ3v) is 5.51. The predicted molar refractivity (Wildman–Crippen MR) is 75.2 cm³/mol. The average Bonchev–Trinajstić information content (AvgIpc) is 3.13. The van der Waals surface area contributed by atoms with Gasteiger partial charge in [0.1, 0.15) is 11.6 Å². The van der Waals surface area contributed by atoms with E-state index in [1.807, 2.05) is 6.07 Å². The van der Waals surface area contributed by atoms with Gasteiger partial charge in [0.2, 0.25) is 0 Å². The molecule has 3 heterocycles. The Morgan fingerprint density at radius 1 is 1.25 bits per heavy atom. The molecular formula is C16H21FN2O. The third kappa shape index (κ3) is 1.78. The van der Waals surface area contributed by atoms with Crippen LogP contribution in [0.15, 0.2) is 18.2 Å². The molecule has 0 radical (unpaired) electrons. The third-order valence-electron chi connectivity index (χ3n) is 5.51. The van der Waals surface area contributed by atoms with Gasteiger partial charge in [0.25, 0.3) is 0 Å². The van der Waals surface area contributed by atoms with E-state index < -0.39 is 0 Å². The van der Waals surface area contributed by atoms with Crippen molar-refractivity contribution in [1.82, 2.24) is 10.2 Å². The van der Waals surface area contributed by atoms with E-state index in [4.69, 9.17) is 4.74 Å². The summed E-state index contributed by atoms with van der Waals surface area (Å²) >= 11 is 0. The van der Waals surface area contributed by atoms with Crippen LogP contribution in [-0.4, -0.2) is 37.2 Å². The topological polar surface area (TPSA) is 24.5 Å². The zero-order valence-electron chi connectivity index (χ0n) is 11.8. The quantitative estimate of drug-likeness (QED) is 0.914. The Morgan fingerprint density at radius 3 is 2.60 bits per heavy atom. The minimum atomic E-state index is -0.226. The first-order chi connectivity index (χ1) is 9.78. The summed E-state index contributed by atoms with van der Waals surface area (Å²) in [6.07, 6.45) is 2.63. The minimum Gasteiger partial charge on any atom is -0.496 e. The highest BCUT2D eigenvalue weighted by Crippen LogP contribution is 2.48. The van der Waals surface area contributed by atoms with Crippen LogP contribution in [0, 0.1) is 17.7 Å². The molecule has 3 nitrogen and oxygen atoms in total. The molecule has 4 heteroatoms. The van der Waals surface area contributed by atoms with E-state index in [1.54, 1.807) is 7.11 Å². The second-order valence-corrected chi connectivity index (χ2v) is 6.33. The number of halogens is 1. The van der Waals surface area contributed by atoms with Gasteiger partial charge in [-0.25, -0.2) is 4.39 Å². The minimum absolute atomic E-state index is 0.226. The number of benzene rings is 1. The molecule has 108 valence electrons. The fourth-order valence-corrected chi connectivity index (χ4v) is 4.68. The van der Waals surface area contributed by atoms with Crippen molar-refractivity contribution in [2.24, 2.45) is 11.8 Å². The van der Waals surface area contributed by atoms with E-state index >= 15 is 0 Å². The summed E-state index contributed by atoms with van der Waals surface area (Å²) in [7, 11) is 1.62. The number of rotatable bonds is 3. The molecule has 0 aromatic heterocycles. The van der Waals surface area contributed by atoms with E-state index in [9.17, 15) is 4.39 Å². The molecule has 0 spiro atoms. The highest BCUT2D eigenvalue weighted by molar-refractivity contribution is 5.34. The van der Waals surface area contributed by atoms with E-state index in [-0.39, 0.29) is 5.82 Å². The summed E-state index contributed by atoms with van der Waals surface area (Å²) in [5.74, 6) is 2.09. The summed E-state index contributed by atoms with van der Waals surface area (Å²) in [6, 6.07) is 6.32. The van der Waals surface area contributed by atoms with Crippen molar-refractivity contribution in [3.05, 3.63) is 29.6 Å². The molecule has 3 saturated heterocycles. The summed E-state index contributed by atoms with van der Waals surface area (Å²) < 4.78 is 18.6. The molecule has 3 aliphatic rings. The van der Waals surface area contributed by atoms with Crippen LogP contribution in [0.25, 0.3) is 0 Å². The van der Waals surface area contributed by atoms with Gasteiger partial charge in [-0.1, -0.05) is 6.07 Å². The predicted octanol–water partition coefficient (Wildman–Crippen LogP) is 2.02. The average molecular weight is 276 g/mol. The van der Waals surface area contributed by atoms with Gasteiger partial charge in [-0.2, -0.15) is 0 Å². The van der Waals surface area contributed by atoms with Gasteiger partial charge in [0.15, 0.2) is 0 Å². The van der Waals surface area contributed by atoms with Crippen LogP contribution in [0.1, 0.15) is 18.4 Å². The van der Waals surface area contributed by atoms with Crippen LogP contribution < -0.4 is 10.1 Å². The summed E-state index contributed by atoms with van der Waals surface area (Å²) in [5, 5.41) is 3.54. The maximum Gasteiger partial charge on any atom is 0.126 e. The Balaban J connectivity index is 1.58. The fraction of sp³-hybridized carbons (Fsp3) is 0.625. The monoisotopic (exact) mass is 276 g/mol. The van der Waals surface area contributed by atoms with Crippen molar-refractivity contribution in [2.45, 2.75) is 31.5 Å². The zero-order chi connectivity index (χ0) is 13.7. The van der Waals surface area contributed by atoms with E-state index in [2.05, 4.69) is 10.2 Å². The molecular weight excluding hydrogens is 255 g/mol. The number of nitrogens with one attached hydrogen (secondary N) is 1. The molecule has 0 amide bonds. The molecule has 3 aliphatic heterocycles. The van der Waals surface area contributed by atoms with Crippen LogP contribution in [0.5, 0.6) is 5.75 Å². The molecule has 1 aromatic carbocycles. The highest BCUT2D eigenvalue weighted by Gasteiger charge is 2.54. The first kappa shape index (κ1) is 12.6. The molecule has 20 heavy (non-hydrogen) atoms. The molecule has 4 atom stereocenters. The molecule has 4 rings (SSSR count). The van der Waals surface area contributed by atoms with Crippen molar-refractivity contribution in [2.75, 3.05) is 20.2 Å². The molecule has 1 N–H and O–H groups in total. The molecule has 0 saturated carbocycles. The molecule has 3 fully saturated rings. The normalized spacial score (nSPS) is 35.5. The molecule has 4 unspecified atom stereocenters. The lowest BCUT2D eigenvalue weighted by atomic mass is 9.82. The molecule has 1 aromatic rings. The van der Waals surface area contributed by atoms with Crippen LogP contribution in [0.4, 0.5) is 4.39 Å². The lowest BCUT2D eigenvalue weighted by molar-refractivity contribution is 0.215. The largest absolute Gasteiger partial charge is 0.496 e. The first-order valence-corrected chi connectivity index (χ1v) is 7.57. The van der Waals surface area contributed by atoms with Gasteiger partial charge in [0.05, 0.1) is 7.11 Å². The van der Waals surface area contributed by atoms with Crippen molar-refractivity contribution in [1.29, 1.82) is 0 Å². The second-order valence-electron chi connectivity index (χ2n) is 6.33. The van der Waals surface area contributed by atoms with E-state index in [1.165, 1.54) is 38.1 Å². The number of hydrogen-bond acceptors (Lipinski definition) is 3. The number of methoxy groups -OCH3 is 1. The van der Waals surface area contributed by atoms with Gasteiger partial charge in [-0.15, -0.1) is 0 Å².